The van der Waals surface area contributed by atoms with Gasteiger partial charge in [0, 0.05) is 5.92 Å². The first kappa shape index (κ1) is 9.27. The number of hydrogen-bond donors (Lipinski definition) is 1. The summed E-state index contributed by atoms with van der Waals surface area (Å²) < 4.78 is 0. The Bertz CT molecular complexity index is 201. The minimum Gasteiger partial charge on any atom is -0.392 e. The van der Waals surface area contributed by atoms with Gasteiger partial charge in [-0.15, -0.1) is 0 Å². The van der Waals surface area contributed by atoms with Crippen LogP contribution in [0.25, 0.3) is 0 Å². The number of hydrogen-bond acceptors (Lipinski definition) is 1. The van der Waals surface area contributed by atoms with Gasteiger partial charge in [-0.1, -0.05) is 30.9 Å². The summed E-state index contributed by atoms with van der Waals surface area (Å²) in [6.07, 6.45) is 11.7. The third kappa shape index (κ3) is 2.35. The van der Waals surface area contributed by atoms with Gasteiger partial charge in [0.05, 0.1) is 6.61 Å². The van der Waals surface area contributed by atoms with Gasteiger partial charge < -0.3 is 5.11 Å². The Balaban J connectivity index is 2.61. The maximum absolute atomic E-state index is 8.62. The normalized spacial score (nSPS) is 24.1. The second-order valence-electron chi connectivity index (χ2n) is 3.06. The maximum Gasteiger partial charge on any atom is 0.0612 e. The van der Waals surface area contributed by atoms with Gasteiger partial charge in [-0.25, -0.2) is 0 Å². The number of aliphatic hydroxyl groups is 1. The standard InChI is InChI=1S/C11H16O/c1-2-10-6-3-4-7-11(10)8-5-9-12/h2,5-6,8,11-12H,1,3-4,7,9H2/b8-5-/t11-/m0/s1. The summed E-state index contributed by atoms with van der Waals surface area (Å²) in [6, 6.07) is 0. The summed E-state index contributed by atoms with van der Waals surface area (Å²) in [6.45, 7) is 3.92. The average Bonchev–Trinajstić information content (AvgIpc) is 2.15. The van der Waals surface area contributed by atoms with Crippen molar-refractivity contribution in [3.8, 4) is 0 Å². The Hall–Kier alpha value is -0.820. The first-order valence-electron chi connectivity index (χ1n) is 4.48. The molecule has 12 heavy (non-hydrogen) atoms. The van der Waals surface area contributed by atoms with Crippen molar-refractivity contribution in [2.75, 3.05) is 6.61 Å². The smallest absolute Gasteiger partial charge is 0.0612 e. The van der Waals surface area contributed by atoms with E-state index in [9.17, 15) is 0 Å². The Kier molecular flexibility index (Phi) is 3.81. The van der Waals surface area contributed by atoms with Gasteiger partial charge in [-0.3, -0.25) is 0 Å². The summed E-state index contributed by atoms with van der Waals surface area (Å²) in [5.74, 6) is 0.489. The lowest BCUT2D eigenvalue weighted by Crippen LogP contribution is -2.04. The van der Waals surface area contributed by atoms with Crippen LogP contribution in [0, 0.1) is 5.92 Å². The van der Waals surface area contributed by atoms with E-state index in [2.05, 4.69) is 18.7 Å². The predicted octanol–water partition coefficient (Wildman–Crippen LogP) is 2.45. The molecule has 1 aliphatic carbocycles. The zero-order valence-electron chi connectivity index (χ0n) is 7.37. The zero-order chi connectivity index (χ0) is 8.81. The predicted molar refractivity (Wildman–Crippen MR) is 51.8 cm³/mol. The number of rotatable bonds is 3. The summed E-state index contributed by atoms with van der Waals surface area (Å²) in [5.41, 5.74) is 1.31. The molecule has 0 aromatic rings. The van der Waals surface area contributed by atoms with Gasteiger partial charge in [0.1, 0.15) is 0 Å². The topological polar surface area (TPSA) is 20.2 Å². The molecule has 0 aromatic carbocycles. The van der Waals surface area contributed by atoms with E-state index in [-0.39, 0.29) is 6.61 Å². The van der Waals surface area contributed by atoms with Crippen LogP contribution in [-0.4, -0.2) is 11.7 Å². The monoisotopic (exact) mass is 164 g/mol. The van der Waals surface area contributed by atoms with Crippen molar-refractivity contribution >= 4 is 0 Å². The van der Waals surface area contributed by atoms with Gasteiger partial charge in [0.2, 0.25) is 0 Å². The van der Waals surface area contributed by atoms with Crippen LogP contribution in [-0.2, 0) is 0 Å². The van der Waals surface area contributed by atoms with Crippen molar-refractivity contribution in [3.63, 3.8) is 0 Å². The van der Waals surface area contributed by atoms with Crippen molar-refractivity contribution in [3.05, 3.63) is 36.5 Å². The largest absolute Gasteiger partial charge is 0.392 e. The lowest BCUT2D eigenvalue weighted by Gasteiger charge is -2.18. The SMILES string of the molecule is C=CC1=CCCC[C@H]1/C=C\CO. The quantitative estimate of drug-likeness (QED) is 0.635. The van der Waals surface area contributed by atoms with Crippen LogP contribution in [0.1, 0.15) is 19.3 Å². The van der Waals surface area contributed by atoms with Crippen LogP contribution in [0.2, 0.25) is 0 Å². The third-order valence-corrected chi connectivity index (χ3v) is 2.24. The van der Waals surface area contributed by atoms with E-state index >= 15 is 0 Å². The van der Waals surface area contributed by atoms with Gasteiger partial charge >= 0.3 is 0 Å². The Morgan fingerprint density at radius 2 is 2.50 bits per heavy atom. The molecule has 0 bridgehead atoms. The van der Waals surface area contributed by atoms with Crippen molar-refractivity contribution in [1.29, 1.82) is 0 Å². The summed E-state index contributed by atoms with van der Waals surface area (Å²) in [7, 11) is 0. The molecule has 1 atom stereocenters. The number of aliphatic hydroxyl groups excluding tert-OH is 1. The molecule has 1 nitrogen and oxygen atoms in total. The maximum atomic E-state index is 8.62. The van der Waals surface area contributed by atoms with Crippen LogP contribution >= 0.6 is 0 Å². The minimum atomic E-state index is 0.140. The van der Waals surface area contributed by atoms with Crippen LogP contribution in [0.4, 0.5) is 0 Å². The fourth-order valence-electron chi connectivity index (χ4n) is 1.59. The van der Waals surface area contributed by atoms with Crippen molar-refractivity contribution < 1.29 is 5.11 Å². The molecule has 0 aromatic heterocycles. The van der Waals surface area contributed by atoms with Crippen LogP contribution in [0.3, 0.4) is 0 Å². The van der Waals surface area contributed by atoms with Gasteiger partial charge in [-0.05, 0) is 24.8 Å². The van der Waals surface area contributed by atoms with Crippen molar-refractivity contribution in [2.24, 2.45) is 5.92 Å². The van der Waals surface area contributed by atoms with Crippen LogP contribution in [0.5, 0.6) is 0 Å². The molecule has 0 radical (unpaired) electrons. The fourth-order valence-corrected chi connectivity index (χ4v) is 1.59. The first-order valence-corrected chi connectivity index (χ1v) is 4.48. The van der Waals surface area contributed by atoms with Gasteiger partial charge in [0.15, 0.2) is 0 Å². The fraction of sp³-hybridized carbons (Fsp3) is 0.455. The van der Waals surface area contributed by atoms with Crippen LogP contribution < -0.4 is 0 Å². The highest BCUT2D eigenvalue weighted by atomic mass is 16.2. The first-order chi connectivity index (χ1) is 5.88. The Morgan fingerprint density at radius 1 is 1.67 bits per heavy atom. The number of allylic oxidation sites excluding steroid dienone is 4. The van der Waals surface area contributed by atoms with E-state index in [1.165, 1.54) is 24.8 Å². The molecule has 0 aliphatic heterocycles. The molecule has 0 saturated carbocycles. The minimum absolute atomic E-state index is 0.140. The van der Waals surface area contributed by atoms with E-state index in [4.69, 9.17) is 5.11 Å². The van der Waals surface area contributed by atoms with E-state index in [0.717, 1.165) is 0 Å². The lowest BCUT2D eigenvalue weighted by molar-refractivity contribution is 0.341. The zero-order valence-corrected chi connectivity index (χ0v) is 7.37. The molecule has 0 unspecified atom stereocenters. The van der Waals surface area contributed by atoms with Crippen molar-refractivity contribution in [1.82, 2.24) is 0 Å². The third-order valence-electron chi connectivity index (χ3n) is 2.24. The molecule has 0 heterocycles. The van der Waals surface area contributed by atoms with Gasteiger partial charge in [0.25, 0.3) is 0 Å². The highest BCUT2D eigenvalue weighted by Crippen LogP contribution is 2.26. The van der Waals surface area contributed by atoms with Gasteiger partial charge in [-0.2, -0.15) is 0 Å². The highest BCUT2D eigenvalue weighted by Gasteiger charge is 2.11. The lowest BCUT2D eigenvalue weighted by atomic mass is 9.87. The molecule has 1 heteroatoms. The van der Waals surface area contributed by atoms with Crippen molar-refractivity contribution in [2.45, 2.75) is 19.3 Å². The van der Waals surface area contributed by atoms with E-state index < -0.39 is 0 Å². The summed E-state index contributed by atoms with van der Waals surface area (Å²) >= 11 is 0. The molecule has 1 rings (SSSR count). The Labute approximate surface area is 74.1 Å². The molecular formula is C11H16O. The highest BCUT2D eigenvalue weighted by molar-refractivity contribution is 5.25. The molecule has 0 fully saturated rings. The molecule has 0 spiro atoms. The summed E-state index contributed by atoms with van der Waals surface area (Å²) in [4.78, 5) is 0. The van der Waals surface area contributed by atoms with E-state index in [1.54, 1.807) is 0 Å². The van der Waals surface area contributed by atoms with E-state index in [1.807, 2.05) is 12.2 Å². The average molecular weight is 164 g/mol. The second kappa shape index (κ2) is 4.94. The van der Waals surface area contributed by atoms with Crippen LogP contribution in [0.15, 0.2) is 36.5 Å². The molecule has 0 amide bonds. The molecule has 0 saturated heterocycles. The molecule has 66 valence electrons. The van der Waals surface area contributed by atoms with E-state index in [0.29, 0.717) is 5.92 Å². The Morgan fingerprint density at radius 3 is 3.17 bits per heavy atom. The summed E-state index contributed by atoms with van der Waals surface area (Å²) in [5, 5.41) is 8.62. The second-order valence-corrected chi connectivity index (χ2v) is 3.06. The molecular weight excluding hydrogens is 148 g/mol. The molecule has 1 aliphatic rings. The molecule has 1 N–H and O–H groups in total.